The number of nitrogens with zero attached hydrogens (tertiary/aromatic N) is 5. The van der Waals surface area contributed by atoms with E-state index in [1.54, 1.807) is 6.20 Å². The van der Waals surface area contributed by atoms with Crippen LogP contribution in [0.3, 0.4) is 0 Å². The molecule has 1 aliphatic heterocycles. The van der Waals surface area contributed by atoms with Gasteiger partial charge in [-0.15, -0.1) is 0 Å². The molecule has 5 rings (SSSR count). The van der Waals surface area contributed by atoms with Crippen molar-refractivity contribution in [2.24, 2.45) is 0 Å². The van der Waals surface area contributed by atoms with Crippen LogP contribution >= 0.6 is 0 Å². The number of rotatable bonds is 8. The number of piperidine rings is 1. The topological polar surface area (TPSA) is 84.0 Å². The lowest BCUT2D eigenvalue weighted by Crippen LogP contribution is -2.41. The number of nitrogens with one attached hydrogen (secondary N) is 2. The van der Waals surface area contributed by atoms with Crippen molar-refractivity contribution in [3.05, 3.63) is 66.5 Å². The summed E-state index contributed by atoms with van der Waals surface area (Å²) in [5, 5.41) is 7.10. The summed E-state index contributed by atoms with van der Waals surface area (Å²) < 4.78 is 7.92. The molecule has 8 heteroatoms. The number of imidazole rings is 1. The van der Waals surface area contributed by atoms with Crippen LogP contribution in [0, 0.1) is 6.92 Å². The summed E-state index contributed by atoms with van der Waals surface area (Å²) in [6.45, 7) is 6.55. The smallest absolute Gasteiger partial charge is 0.204 e. The molecule has 2 N–H and O–H groups in total. The summed E-state index contributed by atoms with van der Waals surface area (Å²) in [7, 11) is 0. The summed E-state index contributed by atoms with van der Waals surface area (Å²) in [5.74, 6) is 3.35. The standard InChI is InChI=1S/C24H29N7O/c1-18-27-16-20(32-18)17-31-22-7-3-2-6-21(22)29-24(31)28-19-9-13-30(14-10-19)15-12-26-23-8-4-5-11-25-23/h2-8,11,16,19H,9-10,12-15,17H2,1H3,(H,25,26)(H,28,29). The van der Waals surface area contributed by atoms with E-state index in [4.69, 9.17) is 9.40 Å². The predicted octanol–water partition coefficient (Wildman–Crippen LogP) is 3.76. The first kappa shape index (κ1) is 20.5. The van der Waals surface area contributed by atoms with E-state index < -0.39 is 0 Å². The molecule has 0 aliphatic carbocycles. The molecule has 4 heterocycles. The third-order valence-electron chi connectivity index (χ3n) is 5.96. The van der Waals surface area contributed by atoms with E-state index in [1.165, 1.54) is 0 Å². The van der Waals surface area contributed by atoms with Gasteiger partial charge in [-0.2, -0.15) is 0 Å². The normalized spacial score (nSPS) is 15.3. The van der Waals surface area contributed by atoms with E-state index in [0.29, 0.717) is 18.5 Å². The zero-order valence-corrected chi connectivity index (χ0v) is 18.4. The van der Waals surface area contributed by atoms with Crippen LogP contribution in [0.25, 0.3) is 11.0 Å². The van der Waals surface area contributed by atoms with Crippen molar-refractivity contribution in [3.63, 3.8) is 0 Å². The fourth-order valence-electron chi connectivity index (χ4n) is 4.27. The first-order valence-corrected chi connectivity index (χ1v) is 11.2. The van der Waals surface area contributed by atoms with Crippen LogP contribution in [0.1, 0.15) is 24.5 Å². The van der Waals surface area contributed by atoms with Gasteiger partial charge in [-0.1, -0.05) is 18.2 Å². The number of pyridine rings is 1. The van der Waals surface area contributed by atoms with Crippen LogP contribution in [0.5, 0.6) is 0 Å². The SMILES string of the molecule is Cc1ncc(Cn2c(NC3CCN(CCNc4ccccn4)CC3)nc3ccccc32)o1. The van der Waals surface area contributed by atoms with E-state index in [-0.39, 0.29) is 0 Å². The largest absolute Gasteiger partial charge is 0.444 e. The van der Waals surface area contributed by atoms with Gasteiger partial charge >= 0.3 is 0 Å². The minimum atomic E-state index is 0.405. The molecule has 3 aromatic heterocycles. The Morgan fingerprint density at radius 3 is 2.69 bits per heavy atom. The minimum absolute atomic E-state index is 0.405. The van der Waals surface area contributed by atoms with E-state index in [9.17, 15) is 0 Å². The number of likely N-dealkylation sites (tertiary alicyclic amines) is 1. The van der Waals surface area contributed by atoms with Crippen LogP contribution in [-0.2, 0) is 6.54 Å². The maximum atomic E-state index is 5.73. The molecule has 0 unspecified atom stereocenters. The van der Waals surface area contributed by atoms with Gasteiger partial charge in [0.05, 0.1) is 23.8 Å². The number of hydrogen-bond donors (Lipinski definition) is 2. The monoisotopic (exact) mass is 431 g/mol. The third-order valence-corrected chi connectivity index (χ3v) is 5.96. The zero-order valence-electron chi connectivity index (χ0n) is 18.4. The van der Waals surface area contributed by atoms with Gasteiger partial charge in [0.25, 0.3) is 0 Å². The van der Waals surface area contributed by atoms with Crippen LogP contribution in [0.2, 0.25) is 0 Å². The quantitative estimate of drug-likeness (QED) is 0.439. The molecule has 0 bridgehead atoms. The number of aryl methyl sites for hydroxylation is 1. The predicted molar refractivity (Wildman–Crippen MR) is 126 cm³/mol. The second kappa shape index (κ2) is 9.40. The lowest BCUT2D eigenvalue weighted by Gasteiger charge is -2.32. The summed E-state index contributed by atoms with van der Waals surface area (Å²) in [4.78, 5) is 15.9. The van der Waals surface area contributed by atoms with Gasteiger partial charge in [0.1, 0.15) is 11.6 Å². The number of fused-ring (bicyclic) bond motifs is 1. The van der Waals surface area contributed by atoms with Gasteiger partial charge in [0.2, 0.25) is 5.95 Å². The fourth-order valence-corrected chi connectivity index (χ4v) is 4.27. The van der Waals surface area contributed by atoms with Crippen molar-refractivity contribution in [3.8, 4) is 0 Å². The Morgan fingerprint density at radius 2 is 1.91 bits per heavy atom. The molecule has 8 nitrogen and oxygen atoms in total. The minimum Gasteiger partial charge on any atom is -0.444 e. The van der Waals surface area contributed by atoms with Crippen molar-refractivity contribution in [2.45, 2.75) is 32.4 Å². The highest BCUT2D eigenvalue weighted by molar-refractivity contribution is 5.78. The third kappa shape index (κ3) is 4.75. The Morgan fingerprint density at radius 1 is 1.06 bits per heavy atom. The Balaban J connectivity index is 1.19. The van der Waals surface area contributed by atoms with Crippen molar-refractivity contribution in [1.82, 2.24) is 24.4 Å². The van der Waals surface area contributed by atoms with Crippen molar-refractivity contribution in [2.75, 3.05) is 36.8 Å². The van der Waals surface area contributed by atoms with Crippen molar-refractivity contribution >= 4 is 22.8 Å². The van der Waals surface area contributed by atoms with E-state index in [0.717, 1.165) is 67.6 Å². The number of oxazole rings is 1. The first-order chi connectivity index (χ1) is 15.7. The van der Waals surface area contributed by atoms with E-state index in [1.807, 2.05) is 43.5 Å². The lowest BCUT2D eigenvalue weighted by molar-refractivity contribution is 0.226. The summed E-state index contributed by atoms with van der Waals surface area (Å²) >= 11 is 0. The van der Waals surface area contributed by atoms with Gasteiger partial charge in [-0.05, 0) is 37.1 Å². The van der Waals surface area contributed by atoms with Crippen molar-refractivity contribution < 1.29 is 4.42 Å². The average molecular weight is 432 g/mol. The van der Waals surface area contributed by atoms with Gasteiger partial charge in [0, 0.05) is 45.3 Å². The molecule has 0 spiro atoms. The number of anilines is 2. The molecule has 0 atom stereocenters. The second-order valence-electron chi connectivity index (χ2n) is 8.26. The highest BCUT2D eigenvalue weighted by atomic mass is 16.4. The molecule has 0 radical (unpaired) electrons. The number of aromatic nitrogens is 4. The van der Waals surface area contributed by atoms with E-state index in [2.05, 4.69) is 42.2 Å². The molecular formula is C24H29N7O. The Labute approximate surface area is 187 Å². The molecular weight excluding hydrogens is 402 g/mol. The van der Waals surface area contributed by atoms with Gasteiger partial charge in [-0.3, -0.25) is 0 Å². The molecule has 0 saturated carbocycles. The number of benzene rings is 1. The summed E-state index contributed by atoms with van der Waals surface area (Å²) in [5.41, 5.74) is 2.09. The second-order valence-corrected chi connectivity index (χ2v) is 8.26. The summed E-state index contributed by atoms with van der Waals surface area (Å²) in [6.07, 6.45) is 5.80. The van der Waals surface area contributed by atoms with Crippen LogP contribution in [0.15, 0.2) is 59.3 Å². The molecule has 32 heavy (non-hydrogen) atoms. The molecule has 0 amide bonds. The first-order valence-electron chi connectivity index (χ1n) is 11.2. The number of para-hydroxylation sites is 2. The maximum Gasteiger partial charge on any atom is 0.204 e. The molecule has 1 fully saturated rings. The van der Waals surface area contributed by atoms with Gasteiger partial charge < -0.3 is 24.5 Å². The molecule has 1 saturated heterocycles. The fraction of sp³-hybridized carbons (Fsp3) is 0.375. The van der Waals surface area contributed by atoms with Gasteiger partial charge in [0.15, 0.2) is 5.89 Å². The van der Waals surface area contributed by atoms with Crippen LogP contribution in [-0.4, -0.2) is 56.6 Å². The Bertz CT molecular complexity index is 1150. The maximum absolute atomic E-state index is 5.73. The van der Waals surface area contributed by atoms with Gasteiger partial charge in [-0.25, -0.2) is 15.0 Å². The zero-order chi connectivity index (χ0) is 21.8. The highest BCUT2D eigenvalue weighted by Gasteiger charge is 2.21. The van der Waals surface area contributed by atoms with Crippen molar-refractivity contribution in [1.29, 1.82) is 0 Å². The van der Waals surface area contributed by atoms with Crippen LogP contribution < -0.4 is 10.6 Å². The molecule has 4 aromatic rings. The molecule has 166 valence electrons. The molecule has 1 aliphatic rings. The molecule has 1 aromatic carbocycles. The lowest BCUT2D eigenvalue weighted by atomic mass is 10.1. The van der Waals surface area contributed by atoms with E-state index >= 15 is 0 Å². The average Bonchev–Trinajstić information content (AvgIpc) is 3.39. The Hall–Kier alpha value is -3.39. The highest BCUT2D eigenvalue weighted by Crippen LogP contribution is 2.24. The Kier molecular flexibility index (Phi) is 6.02. The summed E-state index contributed by atoms with van der Waals surface area (Å²) in [6, 6.07) is 14.6. The number of hydrogen-bond acceptors (Lipinski definition) is 7. The van der Waals surface area contributed by atoms with Crippen LogP contribution in [0.4, 0.5) is 11.8 Å².